The fraction of sp³-hybridized carbons (Fsp3) is 0.286. The first-order valence-electron chi connectivity index (χ1n) is 12.9. The van der Waals surface area contributed by atoms with Gasteiger partial charge in [-0.3, -0.25) is 24.1 Å². The van der Waals surface area contributed by atoms with Gasteiger partial charge in [0.15, 0.2) is 11.0 Å². The molecule has 0 saturated heterocycles. The molecule has 3 amide bonds. The second kappa shape index (κ2) is 13.5. The van der Waals surface area contributed by atoms with Crippen LogP contribution in [0.15, 0.2) is 71.2 Å². The molecule has 1 aromatic heterocycles. The van der Waals surface area contributed by atoms with Gasteiger partial charge in [-0.2, -0.15) is 0 Å². The van der Waals surface area contributed by atoms with Gasteiger partial charge in [-0.05, 0) is 37.0 Å². The molecule has 0 fully saturated rings. The van der Waals surface area contributed by atoms with Crippen LogP contribution in [0.3, 0.4) is 0 Å². The smallest absolute Gasteiger partial charge is 0.247 e. The number of aryl methyl sites for hydroxylation is 1. The third-order valence-corrected chi connectivity index (χ3v) is 7.15. The van der Waals surface area contributed by atoms with E-state index >= 15 is 0 Å². The fourth-order valence-corrected chi connectivity index (χ4v) is 5.06. The second-order valence-electron chi connectivity index (χ2n) is 9.20. The van der Waals surface area contributed by atoms with E-state index in [1.54, 1.807) is 29.6 Å². The summed E-state index contributed by atoms with van der Waals surface area (Å²) in [6.07, 6.45) is 3.10. The number of nitrogens with one attached hydrogen (secondary N) is 1. The van der Waals surface area contributed by atoms with E-state index in [0.29, 0.717) is 35.6 Å². The molecule has 2 aromatic carbocycles. The maximum Gasteiger partial charge on any atom is 0.247 e. The number of Topliss-reactive ketones (excluding diaryl/α,β-unsaturated/α-hetero) is 1. The highest BCUT2D eigenvalue weighted by atomic mass is 32.1. The minimum Gasteiger partial charge on any atom is -0.370 e. The van der Waals surface area contributed by atoms with Gasteiger partial charge in [0.25, 0.3) is 0 Å². The summed E-state index contributed by atoms with van der Waals surface area (Å²) < 4.78 is 0. The molecule has 1 atom stereocenters. The summed E-state index contributed by atoms with van der Waals surface area (Å²) in [7, 11) is 0. The molecule has 5 N–H and O–H groups in total. The number of anilines is 2. The van der Waals surface area contributed by atoms with Crippen molar-refractivity contribution in [1.82, 2.24) is 10.3 Å². The first kappa shape index (κ1) is 28.4. The molecular formula is C28H31N7O4S. The summed E-state index contributed by atoms with van der Waals surface area (Å²) in [5.41, 5.74) is 13.1. The number of fused-ring (bicyclic) bond motifs is 1. The maximum atomic E-state index is 13.1. The zero-order valence-electron chi connectivity index (χ0n) is 21.9. The highest BCUT2D eigenvalue weighted by molar-refractivity contribution is 7.11. The lowest BCUT2D eigenvalue weighted by Crippen LogP contribution is -2.51. The summed E-state index contributed by atoms with van der Waals surface area (Å²) in [5.74, 6) is -1.35. The van der Waals surface area contributed by atoms with Gasteiger partial charge < -0.3 is 21.7 Å². The number of para-hydroxylation sites is 2. The van der Waals surface area contributed by atoms with Crippen molar-refractivity contribution in [3.8, 4) is 0 Å². The van der Waals surface area contributed by atoms with E-state index in [0.717, 1.165) is 5.56 Å². The number of thiazole rings is 1. The molecule has 40 heavy (non-hydrogen) atoms. The number of benzene rings is 2. The molecule has 1 unspecified atom stereocenters. The monoisotopic (exact) mass is 561 g/mol. The Hall–Kier alpha value is -4.58. The number of nitrogens with zero attached hydrogens (tertiary/aromatic N) is 4. The van der Waals surface area contributed by atoms with Crippen molar-refractivity contribution < 1.29 is 19.2 Å². The molecule has 3 aromatic rings. The number of hydrogen-bond donors (Lipinski definition) is 3. The molecule has 2 heterocycles. The molecule has 0 aliphatic carbocycles. The van der Waals surface area contributed by atoms with Gasteiger partial charge in [0.1, 0.15) is 19.1 Å². The van der Waals surface area contributed by atoms with Crippen LogP contribution in [0.25, 0.3) is 0 Å². The van der Waals surface area contributed by atoms with E-state index in [4.69, 9.17) is 11.5 Å². The third-order valence-electron chi connectivity index (χ3n) is 6.36. The van der Waals surface area contributed by atoms with Crippen LogP contribution >= 0.6 is 11.3 Å². The van der Waals surface area contributed by atoms with E-state index in [-0.39, 0.29) is 55.5 Å². The summed E-state index contributed by atoms with van der Waals surface area (Å²) >= 11 is 1.20. The highest BCUT2D eigenvalue weighted by Gasteiger charge is 2.33. The molecule has 0 radical (unpaired) electrons. The second-order valence-corrected chi connectivity index (χ2v) is 10.1. The maximum absolute atomic E-state index is 13.1. The molecule has 1 aliphatic rings. The lowest BCUT2D eigenvalue weighted by Gasteiger charge is -2.35. The molecule has 1 aliphatic heterocycles. The number of carbonyl (C=O) groups is 4. The number of amides is 3. The Labute approximate surface area is 235 Å². The number of hydrogen-bond acceptors (Lipinski definition) is 7. The Bertz CT molecular complexity index is 1370. The molecule has 12 heteroatoms. The lowest BCUT2D eigenvalue weighted by atomic mass is 10.1. The minimum absolute atomic E-state index is 0.142. The van der Waals surface area contributed by atoms with Crippen LogP contribution in [0.4, 0.5) is 11.4 Å². The van der Waals surface area contributed by atoms with Gasteiger partial charge >= 0.3 is 0 Å². The van der Waals surface area contributed by atoms with Crippen molar-refractivity contribution in [2.45, 2.75) is 31.7 Å². The average Bonchev–Trinajstić information content (AvgIpc) is 3.50. The van der Waals surface area contributed by atoms with Crippen molar-refractivity contribution in [2.75, 3.05) is 29.4 Å². The zero-order valence-corrected chi connectivity index (χ0v) is 22.7. The zero-order chi connectivity index (χ0) is 28.5. The Morgan fingerprint density at radius 2 is 1.77 bits per heavy atom. The fourth-order valence-electron chi connectivity index (χ4n) is 4.43. The molecular weight excluding hydrogens is 530 g/mol. The van der Waals surface area contributed by atoms with Crippen molar-refractivity contribution in [2.24, 2.45) is 16.5 Å². The normalized spacial score (nSPS) is 13.3. The highest BCUT2D eigenvalue weighted by Crippen LogP contribution is 2.33. The number of carbonyl (C=O) groups excluding carboxylic acids is 4. The van der Waals surface area contributed by atoms with Gasteiger partial charge in [0.2, 0.25) is 23.5 Å². The summed E-state index contributed by atoms with van der Waals surface area (Å²) in [4.78, 5) is 62.4. The van der Waals surface area contributed by atoms with E-state index in [9.17, 15) is 19.2 Å². The Morgan fingerprint density at radius 3 is 2.48 bits per heavy atom. The quantitative estimate of drug-likeness (QED) is 0.131. The van der Waals surface area contributed by atoms with Crippen molar-refractivity contribution in [3.05, 3.63) is 76.7 Å². The summed E-state index contributed by atoms with van der Waals surface area (Å²) in [5, 5.41) is 4.80. The standard InChI is InChI=1S/C28H31N7O4S/c29-28(30)33-20(26(39)27-32-15-16-40-27)9-6-14-31-23(36)17-34-21-10-4-5-11-22(21)35(18-25(34)38)24(37)13-12-19-7-2-1-3-8-19/h1-5,7-8,10-11,15-16,20H,6,9,12-14,17-18H2,(H,31,36)(H4,29,30,33). The van der Waals surface area contributed by atoms with Gasteiger partial charge in [-0.1, -0.05) is 42.5 Å². The van der Waals surface area contributed by atoms with E-state index in [1.165, 1.54) is 27.3 Å². The Kier molecular flexibility index (Phi) is 9.57. The topological polar surface area (TPSA) is 164 Å². The van der Waals surface area contributed by atoms with Crippen molar-refractivity contribution in [3.63, 3.8) is 0 Å². The molecule has 4 rings (SSSR count). The lowest BCUT2D eigenvalue weighted by molar-refractivity contribution is -0.124. The van der Waals surface area contributed by atoms with Gasteiger partial charge in [-0.25, -0.2) is 9.98 Å². The number of ketones is 1. The number of nitrogens with two attached hydrogens (primary N) is 2. The van der Waals surface area contributed by atoms with Crippen LogP contribution in [-0.2, 0) is 20.8 Å². The van der Waals surface area contributed by atoms with Crippen LogP contribution in [0.1, 0.15) is 34.6 Å². The summed E-state index contributed by atoms with van der Waals surface area (Å²) in [6, 6.07) is 15.9. The first-order valence-corrected chi connectivity index (χ1v) is 13.7. The van der Waals surface area contributed by atoms with Crippen molar-refractivity contribution >= 4 is 52.2 Å². The van der Waals surface area contributed by atoms with Crippen LogP contribution < -0.4 is 26.6 Å². The summed E-state index contributed by atoms with van der Waals surface area (Å²) in [6.45, 7) is -0.0809. The predicted octanol–water partition coefficient (Wildman–Crippen LogP) is 1.88. The number of guanidine groups is 1. The van der Waals surface area contributed by atoms with Gasteiger partial charge in [-0.15, -0.1) is 11.3 Å². The Morgan fingerprint density at radius 1 is 1.05 bits per heavy atom. The Balaban J connectivity index is 1.32. The van der Waals surface area contributed by atoms with Crippen LogP contribution in [0, 0.1) is 0 Å². The van der Waals surface area contributed by atoms with Gasteiger partial charge in [0, 0.05) is 24.5 Å². The minimum atomic E-state index is -0.797. The van der Waals surface area contributed by atoms with Crippen LogP contribution in [0.2, 0.25) is 0 Å². The molecule has 0 bridgehead atoms. The van der Waals surface area contributed by atoms with E-state index in [1.807, 2.05) is 30.3 Å². The average molecular weight is 562 g/mol. The van der Waals surface area contributed by atoms with Crippen LogP contribution in [0.5, 0.6) is 0 Å². The van der Waals surface area contributed by atoms with Crippen LogP contribution in [-0.4, -0.2) is 60.1 Å². The van der Waals surface area contributed by atoms with Gasteiger partial charge in [0.05, 0.1) is 11.4 Å². The molecule has 0 spiro atoms. The molecule has 208 valence electrons. The largest absolute Gasteiger partial charge is 0.370 e. The number of aliphatic imine (C=N–C) groups is 1. The predicted molar refractivity (Wildman–Crippen MR) is 154 cm³/mol. The van der Waals surface area contributed by atoms with E-state index in [2.05, 4.69) is 15.3 Å². The van der Waals surface area contributed by atoms with Crippen molar-refractivity contribution in [1.29, 1.82) is 0 Å². The first-order chi connectivity index (χ1) is 19.3. The number of aromatic nitrogens is 1. The number of rotatable bonds is 12. The SMILES string of the molecule is NC(N)=NC(CCCNC(=O)CN1C(=O)CN(C(=O)CCc2ccccc2)c2ccccc21)C(=O)c1nccs1. The molecule has 0 saturated carbocycles. The molecule has 11 nitrogen and oxygen atoms in total. The van der Waals surface area contributed by atoms with E-state index < -0.39 is 6.04 Å². The third kappa shape index (κ3) is 7.29.